The fraction of sp³-hybridized carbons (Fsp3) is 0.636. The zero-order valence-corrected chi connectivity index (χ0v) is 9.40. The largest absolute Gasteiger partial charge is 0.381 e. The minimum atomic E-state index is -0.0249. The van der Waals surface area contributed by atoms with Crippen molar-refractivity contribution in [1.82, 2.24) is 15.3 Å². The Bertz CT molecular complexity index is 331. The fourth-order valence-electron chi connectivity index (χ4n) is 1.86. The summed E-state index contributed by atoms with van der Waals surface area (Å²) in [6.07, 6.45) is 5.11. The predicted octanol–water partition coefficient (Wildman–Crippen LogP) is 1.01. The van der Waals surface area contributed by atoms with Crippen LogP contribution in [0, 0.1) is 5.92 Å². The zero-order valence-electron chi connectivity index (χ0n) is 9.40. The van der Waals surface area contributed by atoms with Gasteiger partial charge in [-0.3, -0.25) is 4.79 Å². The van der Waals surface area contributed by atoms with Crippen LogP contribution in [0.3, 0.4) is 0 Å². The third-order valence-electron chi connectivity index (χ3n) is 2.87. The van der Waals surface area contributed by atoms with Crippen LogP contribution in [0.5, 0.6) is 0 Å². The van der Waals surface area contributed by atoms with E-state index in [2.05, 4.69) is 15.3 Å². The van der Waals surface area contributed by atoms with Crippen LogP contribution in [0.1, 0.15) is 31.6 Å². The van der Waals surface area contributed by atoms with E-state index >= 15 is 0 Å². The highest BCUT2D eigenvalue weighted by atomic mass is 16.5. The summed E-state index contributed by atoms with van der Waals surface area (Å²) in [4.78, 5) is 19.1. The molecule has 2 heterocycles. The first-order valence-corrected chi connectivity index (χ1v) is 5.68. The van der Waals surface area contributed by atoms with E-state index in [1.165, 1.54) is 0 Å². The molecule has 1 aromatic heterocycles. The Kier molecular flexibility index (Phi) is 3.56. The van der Waals surface area contributed by atoms with E-state index in [1.54, 1.807) is 12.4 Å². The van der Waals surface area contributed by atoms with Crippen LogP contribution in [-0.4, -0.2) is 29.1 Å². The zero-order chi connectivity index (χ0) is 11.4. The highest BCUT2D eigenvalue weighted by Crippen LogP contribution is 2.16. The lowest BCUT2D eigenvalue weighted by atomic mass is 10.1. The standard InChI is InChI=1S/C11H17N3O2/c1-2-9(10-12-4-5-13-10)14-11(15)8-3-6-16-7-8/h4-5,8-9H,2-3,6-7H2,1H3,(H,12,13)(H,14,15). The first-order valence-electron chi connectivity index (χ1n) is 5.68. The van der Waals surface area contributed by atoms with Crippen molar-refractivity contribution in [3.05, 3.63) is 18.2 Å². The molecule has 2 N–H and O–H groups in total. The molecule has 88 valence electrons. The predicted molar refractivity (Wildman–Crippen MR) is 58.7 cm³/mol. The van der Waals surface area contributed by atoms with Crippen molar-refractivity contribution in [1.29, 1.82) is 0 Å². The number of carbonyl (C=O) groups excluding carboxylic acids is 1. The maximum absolute atomic E-state index is 11.9. The average molecular weight is 223 g/mol. The first kappa shape index (κ1) is 11.1. The maximum atomic E-state index is 11.9. The molecule has 2 rings (SSSR count). The number of carbonyl (C=O) groups is 1. The van der Waals surface area contributed by atoms with Crippen LogP contribution in [0.2, 0.25) is 0 Å². The molecule has 1 amide bonds. The van der Waals surface area contributed by atoms with Gasteiger partial charge in [-0.05, 0) is 12.8 Å². The van der Waals surface area contributed by atoms with E-state index in [4.69, 9.17) is 4.74 Å². The lowest BCUT2D eigenvalue weighted by molar-refractivity contribution is -0.125. The number of amides is 1. The molecule has 5 nitrogen and oxygen atoms in total. The average Bonchev–Trinajstić information content (AvgIpc) is 2.96. The van der Waals surface area contributed by atoms with Crippen molar-refractivity contribution in [2.24, 2.45) is 5.92 Å². The summed E-state index contributed by atoms with van der Waals surface area (Å²) >= 11 is 0. The molecule has 5 heteroatoms. The van der Waals surface area contributed by atoms with Gasteiger partial charge in [0.05, 0.1) is 18.6 Å². The molecule has 0 saturated carbocycles. The Morgan fingerprint density at radius 3 is 3.25 bits per heavy atom. The molecule has 2 atom stereocenters. The van der Waals surface area contributed by atoms with Gasteiger partial charge in [-0.1, -0.05) is 6.92 Å². The topological polar surface area (TPSA) is 67.0 Å². The van der Waals surface area contributed by atoms with Gasteiger partial charge in [-0.2, -0.15) is 0 Å². The molecule has 1 aliphatic rings. The van der Waals surface area contributed by atoms with Crippen molar-refractivity contribution in [2.75, 3.05) is 13.2 Å². The second-order valence-electron chi connectivity index (χ2n) is 4.00. The smallest absolute Gasteiger partial charge is 0.226 e. The van der Waals surface area contributed by atoms with E-state index in [0.717, 1.165) is 18.7 Å². The lowest BCUT2D eigenvalue weighted by Crippen LogP contribution is -2.34. The summed E-state index contributed by atoms with van der Waals surface area (Å²) < 4.78 is 5.20. The third-order valence-corrected chi connectivity index (χ3v) is 2.87. The number of hydrogen-bond donors (Lipinski definition) is 2. The molecule has 0 aromatic carbocycles. The molecule has 1 aliphatic heterocycles. The number of hydrogen-bond acceptors (Lipinski definition) is 3. The summed E-state index contributed by atoms with van der Waals surface area (Å²) in [5, 5.41) is 3.00. The Labute approximate surface area is 94.6 Å². The Morgan fingerprint density at radius 1 is 1.81 bits per heavy atom. The van der Waals surface area contributed by atoms with E-state index in [1.807, 2.05) is 6.92 Å². The normalized spacial score (nSPS) is 21.9. The Balaban J connectivity index is 1.93. The van der Waals surface area contributed by atoms with Crippen molar-refractivity contribution >= 4 is 5.91 Å². The Morgan fingerprint density at radius 2 is 2.69 bits per heavy atom. The lowest BCUT2D eigenvalue weighted by Gasteiger charge is -2.16. The second-order valence-corrected chi connectivity index (χ2v) is 4.00. The quantitative estimate of drug-likeness (QED) is 0.800. The second kappa shape index (κ2) is 5.12. The van der Waals surface area contributed by atoms with Crippen molar-refractivity contribution in [2.45, 2.75) is 25.8 Å². The van der Waals surface area contributed by atoms with E-state index < -0.39 is 0 Å². The van der Waals surface area contributed by atoms with Crippen LogP contribution < -0.4 is 5.32 Å². The minimum absolute atomic E-state index is 0.00372. The number of ether oxygens (including phenoxy) is 1. The molecule has 0 radical (unpaired) electrons. The number of nitrogens with zero attached hydrogens (tertiary/aromatic N) is 1. The summed E-state index contributed by atoms with van der Waals surface area (Å²) in [6, 6.07) is -0.0249. The molecular weight excluding hydrogens is 206 g/mol. The van der Waals surface area contributed by atoms with Gasteiger partial charge in [-0.15, -0.1) is 0 Å². The highest BCUT2D eigenvalue weighted by Gasteiger charge is 2.25. The van der Waals surface area contributed by atoms with Crippen LogP contribution >= 0.6 is 0 Å². The molecule has 1 fully saturated rings. The molecule has 1 aromatic rings. The van der Waals surface area contributed by atoms with Gasteiger partial charge in [-0.25, -0.2) is 4.98 Å². The number of rotatable bonds is 4. The van der Waals surface area contributed by atoms with E-state index in [0.29, 0.717) is 13.2 Å². The number of imidazole rings is 1. The molecular formula is C11H17N3O2. The first-order chi connectivity index (χ1) is 7.81. The van der Waals surface area contributed by atoms with E-state index in [-0.39, 0.29) is 17.9 Å². The summed E-state index contributed by atoms with van der Waals surface area (Å²) in [5.74, 6) is 0.888. The number of nitrogens with one attached hydrogen (secondary N) is 2. The van der Waals surface area contributed by atoms with Crippen molar-refractivity contribution < 1.29 is 9.53 Å². The third kappa shape index (κ3) is 2.41. The van der Waals surface area contributed by atoms with Crippen molar-refractivity contribution in [3.63, 3.8) is 0 Å². The highest BCUT2D eigenvalue weighted by molar-refractivity contribution is 5.79. The SMILES string of the molecule is CCC(NC(=O)C1CCOC1)c1ncc[nH]1. The number of aromatic amines is 1. The number of H-pyrrole nitrogens is 1. The van der Waals surface area contributed by atoms with Gasteiger partial charge < -0.3 is 15.0 Å². The number of aromatic nitrogens is 2. The molecule has 0 aliphatic carbocycles. The van der Waals surface area contributed by atoms with E-state index in [9.17, 15) is 4.79 Å². The molecule has 0 spiro atoms. The molecule has 0 bridgehead atoms. The van der Waals surface area contributed by atoms with Gasteiger partial charge >= 0.3 is 0 Å². The monoisotopic (exact) mass is 223 g/mol. The van der Waals surface area contributed by atoms with Gasteiger partial charge in [0.25, 0.3) is 0 Å². The van der Waals surface area contributed by atoms with Crippen LogP contribution in [0.25, 0.3) is 0 Å². The van der Waals surface area contributed by atoms with Crippen LogP contribution in [-0.2, 0) is 9.53 Å². The van der Waals surface area contributed by atoms with Gasteiger partial charge in [0, 0.05) is 19.0 Å². The van der Waals surface area contributed by atoms with Gasteiger partial charge in [0.15, 0.2) is 0 Å². The molecule has 2 unspecified atom stereocenters. The molecule has 16 heavy (non-hydrogen) atoms. The summed E-state index contributed by atoms with van der Waals surface area (Å²) in [7, 11) is 0. The minimum Gasteiger partial charge on any atom is -0.381 e. The fourth-order valence-corrected chi connectivity index (χ4v) is 1.86. The van der Waals surface area contributed by atoms with Crippen LogP contribution in [0.15, 0.2) is 12.4 Å². The summed E-state index contributed by atoms with van der Waals surface area (Å²) in [6.45, 7) is 3.26. The summed E-state index contributed by atoms with van der Waals surface area (Å²) in [5.41, 5.74) is 0. The Hall–Kier alpha value is -1.36. The molecule has 1 saturated heterocycles. The van der Waals surface area contributed by atoms with Gasteiger partial charge in [0.1, 0.15) is 5.82 Å². The maximum Gasteiger partial charge on any atom is 0.226 e. The van der Waals surface area contributed by atoms with Gasteiger partial charge in [0.2, 0.25) is 5.91 Å². The van der Waals surface area contributed by atoms with Crippen LogP contribution in [0.4, 0.5) is 0 Å². The van der Waals surface area contributed by atoms with Crippen molar-refractivity contribution in [3.8, 4) is 0 Å².